The number of thiophene rings is 1. The van der Waals surface area contributed by atoms with Crippen molar-refractivity contribution in [2.75, 3.05) is 44.9 Å². The summed E-state index contributed by atoms with van der Waals surface area (Å²) in [5.41, 5.74) is 1.96. The largest absolute Gasteiger partial charge is 0.465 e. The predicted molar refractivity (Wildman–Crippen MR) is 123 cm³/mol. The second-order valence-electron chi connectivity index (χ2n) is 8.95. The number of hydrogen-bond acceptors (Lipinski definition) is 7. The Hall–Kier alpha value is -2.06. The van der Waals surface area contributed by atoms with Gasteiger partial charge in [-0.3, -0.25) is 0 Å². The van der Waals surface area contributed by atoms with Crippen molar-refractivity contribution >= 4 is 34.0 Å². The number of methoxy groups -OCH3 is 1. The van der Waals surface area contributed by atoms with Crippen molar-refractivity contribution in [1.82, 2.24) is 4.90 Å². The molecule has 2 aliphatic heterocycles. The first-order valence-corrected chi connectivity index (χ1v) is 11.7. The van der Waals surface area contributed by atoms with Crippen LogP contribution in [-0.2, 0) is 14.2 Å². The minimum atomic E-state index is -0.547. The van der Waals surface area contributed by atoms with E-state index >= 15 is 0 Å². The molecule has 0 N–H and O–H groups in total. The Labute approximate surface area is 188 Å². The van der Waals surface area contributed by atoms with Gasteiger partial charge in [-0.25, -0.2) is 9.59 Å². The average molecular weight is 451 g/mol. The van der Waals surface area contributed by atoms with Crippen molar-refractivity contribution in [3.8, 4) is 0 Å². The zero-order chi connectivity index (χ0) is 22.8. The molecule has 0 unspecified atom stereocenters. The van der Waals surface area contributed by atoms with Gasteiger partial charge in [0.2, 0.25) is 0 Å². The third-order valence-corrected chi connectivity index (χ3v) is 7.01. The molecule has 2 aliphatic rings. The summed E-state index contributed by atoms with van der Waals surface area (Å²) < 4.78 is 16.2. The average Bonchev–Trinajstić information content (AvgIpc) is 3.33. The van der Waals surface area contributed by atoms with Gasteiger partial charge in [0.1, 0.15) is 5.60 Å². The van der Waals surface area contributed by atoms with Crippen molar-refractivity contribution in [1.29, 1.82) is 0 Å². The Kier molecular flexibility index (Phi) is 7.31. The van der Waals surface area contributed by atoms with E-state index in [1.807, 2.05) is 33.8 Å². The third-order valence-electron chi connectivity index (χ3n) is 5.61. The molecule has 31 heavy (non-hydrogen) atoms. The van der Waals surface area contributed by atoms with Crippen molar-refractivity contribution in [2.24, 2.45) is 0 Å². The number of anilines is 1. The summed E-state index contributed by atoms with van der Waals surface area (Å²) in [5, 5.41) is 1.10. The van der Waals surface area contributed by atoms with E-state index in [2.05, 4.69) is 11.8 Å². The topological polar surface area (TPSA) is 68.3 Å². The molecule has 1 aromatic heterocycles. The normalized spacial score (nSPS) is 17.5. The van der Waals surface area contributed by atoms with Crippen LogP contribution in [0.5, 0.6) is 0 Å². The molecule has 172 valence electrons. The summed E-state index contributed by atoms with van der Waals surface area (Å²) in [4.78, 5) is 30.2. The maximum absolute atomic E-state index is 12.7. The van der Waals surface area contributed by atoms with E-state index in [-0.39, 0.29) is 12.1 Å². The van der Waals surface area contributed by atoms with Crippen molar-refractivity contribution in [3.05, 3.63) is 22.1 Å². The van der Waals surface area contributed by atoms with E-state index in [1.54, 1.807) is 16.2 Å². The van der Waals surface area contributed by atoms with E-state index in [0.29, 0.717) is 24.7 Å². The summed E-state index contributed by atoms with van der Waals surface area (Å²) in [6.45, 7) is 13.0. The lowest BCUT2D eigenvalue weighted by Crippen LogP contribution is -2.39. The van der Waals surface area contributed by atoms with Crippen LogP contribution in [0.3, 0.4) is 0 Å². The van der Waals surface area contributed by atoms with Gasteiger partial charge in [0, 0.05) is 37.2 Å². The number of rotatable bonds is 5. The SMILES string of the molecule is CCN(c1sc(C2=CCN(C(=O)OC(C)(C)C)C2)c(C(=O)OC)c1C)C1CCOCC1. The number of esters is 1. The standard InChI is InChI=1S/C23H34N2O5S/c1-7-25(17-9-12-29-13-10-17)20-15(2)18(21(26)28-6)19(31-20)16-8-11-24(14-16)22(27)30-23(3,4)5/h8,17H,7,9-14H2,1-6H3. The first kappa shape index (κ1) is 23.6. The number of nitrogens with zero attached hydrogens (tertiary/aromatic N) is 2. The Morgan fingerprint density at radius 2 is 1.97 bits per heavy atom. The van der Waals surface area contributed by atoms with E-state index in [0.717, 1.165) is 53.6 Å². The molecule has 0 atom stereocenters. The van der Waals surface area contributed by atoms with Gasteiger partial charge < -0.3 is 24.0 Å². The lowest BCUT2D eigenvalue weighted by molar-refractivity contribution is 0.0306. The van der Waals surface area contributed by atoms with Crippen molar-refractivity contribution in [2.45, 2.75) is 59.1 Å². The van der Waals surface area contributed by atoms with E-state index in [9.17, 15) is 9.59 Å². The Morgan fingerprint density at radius 3 is 2.55 bits per heavy atom. The molecule has 3 rings (SSSR count). The van der Waals surface area contributed by atoms with Crippen LogP contribution in [0.15, 0.2) is 6.08 Å². The molecule has 0 aliphatic carbocycles. The second kappa shape index (κ2) is 9.61. The van der Waals surface area contributed by atoms with Crippen LogP contribution < -0.4 is 4.90 Å². The van der Waals surface area contributed by atoms with E-state index in [4.69, 9.17) is 14.2 Å². The minimum absolute atomic E-state index is 0.338. The summed E-state index contributed by atoms with van der Waals surface area (Å²) in [7, 11) is 1.41. The quantitative estimate of drug-likeness (QED) is 0.616. The predicted octanol–water partition coefficient (Wildman–Crippen LogP) is 4.48. The maximum Gasteiger partial charge on any atom is 0.410 e. The number of hydrogen-bond donors (Lipinski definition) is 0. The number of carbonyl (C=O) groups is 2. The van der Waals surface area contributed by atoms with Gasteiger partial charge in [0.25, 0.3) is 0 Å². The maximum atomic E-state index is 12.7. The number of amides is 1. The molecular weight excluding hydrogens is 416 g/mol. The van der Waals surface area contributed by atoms with Gasteiger partial charge in [-0.2, -0.15) is 0 Å². The van der Waals surface area contributed by atoms with Crippen molar-refractivity contribution in [3.63, 3.8) is 0 Å². The molecule has 1 saturated heterocycles. The molecular formula is C23H34N2O5S. The fourth-order valence-corrected chi connectivity index (χ4v) is 5.56. The Bertz CT molecular complexity index is 849. The van der Waals surface area contributed by atoms with Gasteiger partial charge in [-0.1, -0.05) is 6.08 Å². The number of carbonyl (C=O) groups excluding carboxylic acids is 2. The summed E-state index contributed by atoms with van der Waals surface area (Å²) in [5.74, 6) is -0.338. The summed E-state index contributed by atoms with van der Waals surface area (Å²) >= 11 is 1.62. The molecule has 0 saturated carbocycles. The molecule has 0 spiro atoms. The molecule has 0 bridgehead atoms. The van der Waals surface area contributed by atoms with Crippen LogP contribution in [0.4, 0.5) is 9.80 Å². The molecule has 0 aromatic carbocycles. The highest BCUT2D eigenvalue weighted by molar-refractivity contribution is 7.17. The lowest BCUT2D eigenvalue weighted by atomic mass is 10.0. The monoisotopic (exact) mass is 450 g/mol. The Balaban J connectivity index is 1.90. The van der Waals surface area contributed by atoms with Gasteiger partial charge in [0.15, 0.2) is 0 Å². The van der Waals surface area contributed by atoms with E-state index < -0.39 is 5.60 Å². The van der Waals surface area contributed by atoms with Crippen LogP contribution >= 0.6 is 11.3 Å². The van der Waals surface area contributed by atoms with Gasteiger partial charge in [-0.15, -0.1) is 11.3 Å². The molecule has 1 fully saturated rings. The minimum Gasteiger partial charge on any atom is -0.465 e. The zero-order valence-corrected chi connectivity index (χ0v) is 20.3. The molecule has 1 aromatic rings. The smallest absolute Gasteiger partial charge is 0.410 e. The number of ether oxygens (including phenoxy) is 3. The van der Waals surface area contributed by atoms with E-state index in [1.165, 1.54) is 7.11 Å². The highest BCUT2D eigenvalue weighted by Crippen LogP contribution is 2.42. The first-order chi connectivity index (χ1) is 14.7. The molecule has 1 amide bonds. The molecule has 0 radical (unpaired) electrons. The molecule has 8 heteroatoms. The zero-order valence-electron chi connectivity index (χ0n) is 19.4. The fourth-order valence-electron chi connectivity index (χ4n) is 4.10. The second-order valence-corrected chi connectivity index (χ2v) is 9.95. The highest BCUT2D eigenvalue weighted by atomic mass is 32.1. The van der Waals surface area contributed by atoms with Gasteiger partial charge in [0.05, 0.1) is 24.2 Å². The van der Waals surface area contributed by atoms with Crippen molar-refractivity contribution < 1.29 is 23.8 Å². The van der Waals surface area contributed by atoms with Gasteiger partial charge in [-0.05, 0) is 58.6 Å². The highest BCUT2D eigenvalue weighted by Gasteiger charge is 2.32. The van der Waals surface area contributed by atoms with Crippen LogP contribution in [-0.4, -0.2) is 68.6 Å². The van der Waals surface area contributed by atoms with Crippen LogP contribution in [0, 0.1) is 6.92 Å². The summed E-state index contributed by atoms with van der Waals surface area (Å²) in [6.07, 6.45) is 3.62. The Morgan fingerprint density at radius 1 is 1.29 bits per heavy atom. The van der Waals surface area contributed by atoms with Gasteiger partial charge >= 0.3 is 12.1 Å². The molecule has 7 nitrogen and oxygen atoms in total. The van der Waals surface area contributed by atoms with Crippen LogP contribution in [0.1, 0.15) is 61.3 Å². The van der Waals surface area contributed by atoms with Crippen LogP contribution in [0.2, 0.25) is 0 Å². The summed E-state index contributed by atoms with van der Waals surface area (Å²) in [6, 6.07) is 0.394. The first-order valence-electron chi connectivity index (χ1n) is 10.9. The third kappa shape index (κ3) is 5.23. The van der Waals surface area contributed by atoms with Crippen LogP contribution in [0.25, 0.3) is 5.57 Å². The fraction of sp³-hybridized carbons (Fsp3) is 0.652. The molecule has 3 heterocycles. The lowest BCUT2D eigenvalue weighted by Gasteiger charge is -2.34.